The first-order chi connectivity index (χ1) is 9.20. The Morgan fingerprint density at radius 3 is 2.74 bits per heavy atom. The summed E-state index contributed by atoms with van der Waals surface area (Å²) in [6.07, 6.45) is 3.06. The topological polar surface area (TPSA) is 98.7 Å². The van der Waals surface area contributed by atoms with E-state index in [1.807, 2.05) is 19.1 Å². The molecule has 0 radical (unpaired) electrons. The largest absolute Gasteiger partial charge is 0.325 e. The van der Waals surface area contributed by atoms with Crippen molar-refractivity contribution in [1.29, 1.82) is 0 Å². The van der Waals surface area contributed by atoms with E-state index in [9.17, 15) is 4.79 Å². The molecule has 1 heterocycles. The molecule has 1 aromatic heterocycles. The quantitative estimate of drug-likeness (QED) is 0.825. The van der Waals surface area contributed by atoms with Crippen LogP contribution in [0.5, 0.6) is 0 Å². The summed E-state index contributed by atoms with van der Waals surface area (Å²) in [7, 11) is 0. The van der Waals surface area contributed by atoms with E-state index < -0.39 is 6.04 Å². The SMILES string of the molecule is CCC[C@@H](N)C(=O)Nc1ccc(-n2cnnn2)cc1. The number of carbonyl (C=O) groups is 1. The number of rotatable bonds is 5. The highest BCUT2D eigenvalue weighted by atomic mass is 16.2. The molecule has 3 N–H and O–H groups in total. The molecule has 0 saturated carbocycles. The van der Waals surface area contributed by atoms with E-state index in [-0.39, 0.29) is 5.91 Å². The molecule has 2 rings (SSSR count). The lowest BCUT2D eigenvalue weighted by Gasteiger charge is -2.11. The number of hydrogen-bond donors (Lipinski definition) is 2. The standard InChI is InChI=1S/C12H16N6O/c1-2-3-11(13)12(19)15-9-4-6-10(7-5-9)18-8-14-16-17-18/h4-8,11H,2-3,13H2,1H3,(H,15,19)/t11-/m1/s1. The average molecular weight is 260 g/mol. The number of nitrogens with two attached hydrogens (primary N) is 1. The van der Waals surface area contributed by atoms with Gasteiger partial charge in [0, 0.05) is 5.69 Å². The number of tetrazole rings is 1. The lowest BCUT2D eigenvalue weighted by molar-refractivity contribution is -0.117. The zero-order valence-corrected chi connectivity index (χ0v) is 10.7. The minimum atomic E-state index is -0.468. The van der Waals surface area contributed by atoms with Crippen LogP contribution in [0, 0.1) is 0 Å². The second-order valence-electron chi connectivity index (χ2n) is 4.19. The predicted molar refractivity (Wildman–Crippen MR) is 70.7 cm³/mol. The van der Waals surface area contributed by atoms with Crippen LogP contribution in [0.4, 0.5) is 5.69 Å². The van der Waals surface area contributed by atoms with Gasteiger partial charge in [-0.05, 0) is 41.1 Å². The molecule has 0 aliphatic rings. The van der Waals surface area contributed by atoms with Crippen molar-refractivity contribution in [3.8, 4) is 5.69 Å². The van der Waals surface area contributed by atoms with Gasteiger partial charge in [0.25, 0.3) is 0 Å². The van der Waals surface area contributed by atoms with Gasteiger partial charge in [0.15, 0.2) is 0 Å². The smallest absolute Gasteiger partial charge is 0.241 e. The lowest BCUT2D eigenvalue weighted by Crippen LogP contribution is -2.35. The number of aromatic nitrogens is 4. The zero-order chi connectivity index (χ0) is 13.7. The van der Waals surface area contributed by atoms with Crippen LogP contribution in [0.25, 0.3) is 5.69 Å². The fourth-order valence-electron chi connectivity index (χ4n) is 1.65. The molecule has 1 aromatic carbocycles. The summed E-state index contributed by atoms with van der Waals surface area (Å²) in [6.45, 7) is 1.99. The minimum Gasteiger partial charge on any atom is -0.325 e. The minimum absolute atomic E-state index is 0.169. The lowest BCUT2D eigenvalue weighted by atomic mass is 10.1. The van der Waals surface area contributed by atoms with Crippen molar-refractivity contribution in [2.24, 2.45) is 5.73 Å². The normalized spacial score (nSPS) is 12.1. The zero-order valence-electron chi connectivity index (χ0n) is 10.7. The second kappa shape index (κ2) is 6.05. The highest BCUT2D eigenvalue weighted by Gasteiger charge is 2.12. The average Bonchev–Trinajstić information content (AvgIpc) is 2.94. The number of nitrogens with zero attached hydrogens (tertiary/aromatic N) is 4. The van der Waals surface area contributed by atoms with Gasteiger partial charge in [-0.3, -0.25) is 4.79 Å². The molecule has 0 unspecified atom stereocenters. The van der Waals surface area contributed by atoms with Gasteiger partial charge < -0.3 is 11.1 Å². The van der Waals surface area contributed by atoms with Crippen LogP contribution in [-0.4, -0.2) is 32.2 Å². The molecule has 1 atom stereocenters. The number of benzene rings is 1. The van der Waals surface area contributed by atoms with Gasteiger partial charge in [0.2, 0.25) is 5.91 Å². The molecule has 2 aromatic rings. The van der Waals surface area contributed by atoms with Gasteiger partial charge in [-0.25, -0.2) is 4.68 Å². The number of amides is 1. The Balaban J connectivity index is 2.01. The molecule has 1 amide bonds. The van der Waals surface area contributed by atoms with E-state index in [2.05, 4.69) is 20.8 Å². The fraction of sp³-hybridized carbons (Fsp3) is 0.333. The third kappa shape index (κ3) is 3.35. The molecule has 0 saturated heterocycles. The molecule has 7 nitrogen and oxygen atoms in total. The van der Waals surface area contributed by atoms with Gasteiger partial charge >= 0.3 is 0 Å². The van der Waals surface area contributed by atoms with Crippen molar-refractivity contribution in [2.75, 3.05) is 5.32 Å². The molecular formula is C12H16N6O. The van der Waals surface area contributed by atoms with Crippen molar-refractivity contribution in [1.82, 2.24) is 20.2 Å². The highest BCUT2D eigenvalue weighted by Crippen LogP contribution is 2.12. The van der Waals surface area contributed by atoms with Crippen molar-refractivity contribution in [2.45, 2.75) is 25.8 Å². The van der Waals surface area contributed by atoms with E-state index in [0.717, 1.165) is 12.1 Å². The number of anilines is 1. The third-order valence-electron chi connectivity index (χ3n) is 2.68. The maximum Gasteiger partial charge on any atom is 0.241 e. The van der Waals surface area contributed by atoms with Crippen LogP contribution in [0.1, 0.15) is 19.8 Å². The Morgan fingerprint density at radius 1 is 1.42 bits per heavy atom. The second-order valence-corrected chi connectivity index (χ2v) is 4.19. The highest BCUT2D eigenvalue weighted by molar-refractivity contribution is 5.94. The molecule has 7 heteroatoms. The molecule has 100 valence electrons. The van der Waals surface area contributed by atoms with Crippen molar-refractivity contribution in [3.05, 3.63) is 30.6 Å². The first kappa shape index (κ1) is 13.2. The molecular weight excluding hydrogens is 244 g/mol. The first-order valence-corrected chi connectivity index (χ1v) is 6.10. The Labute approximate surface area is 110 Å². The van der Waals surface area contributed by atoms with Crippen LogP contribution in [-0.2, 0) is 4.79 Å². The van der Waals surface area contributed by atoms with E-state index in [4.69, 9.17) is 5.73 Å². The third-order valence-corrected chi connectivity index (χ3v) is 2.68. The molecule has 0 aliphatic heterocycles. The number of carbonyl (C=O) groups excluding carboxylic acids is 1. The molecule has 0 fully saturated rings. The monoisotopic (exact) mass is 260 g/mol. The summed E-state index contributed by atoms with van der Waals surface area (Å²) in [5.41, 5.74) is 7.26. The maximum absolute atomic E-state index is 11.7. The van der Waals surface area contributed by atoms with E-state index in [0.29, 0.717) is 12.1 Å². The van der Waals surface area contributed by atoms with Gasteiger partial charge in [-0.2, -0.15) is 0 Å². The number of nitrogens with one attached hydrogen (secondary N) is 1. The van der Waals surface area contributed by atoms with E-state index >= 15 is 0 Å². The summed E-state index contributed by atoms with van der Waals surface area (Å²) >= 11 is 0. The summed E-state index contributed by atoms with van der Waals surface area (Å²) in [4.78, 5) is 11.7. The molecule has 0 bridgehead atoms. The summed E-state index contributed by atoms with van der Waals surface area (Å²) < 4.78 is 1.54. The van der Waals surface area contributed by atoms with Crippen LogP contribution in [0.3, 0.4) is 0 Å². The Morgan fingerprint density at radius 2 is 2.16 bits per heavy atom. The Bertz CT molecular complexity index is 522. The molecule has 19 heavy (non-hydrogen) atoms. The van der Waals surface area contributed by atoms with Gasteiger partial charge in [-0.1, -0.05) is 13.3 Å². The molecule has 0 spiro atoms. The number of hydrogen-bond acceptors (Lipinski definition) is 5. The summed E-state index contributed by atoms with van der Waals surface area (Å²) in [6, 6.07) is 6.74. The van der Waals surface area contributed by atoms with Crippen LogP contribution in [0.15, 0.2) is 30.6 Å². The Kier molecular flexibility index (Phi) is 4.19. The summed E-state index contributed by atoms with van der Waals surface area (Å²) in [5.74, 6) is -0.169. The van der Waals surface area contributed by atoms with E-state index in [1.165, 1.54) is 11.0 Å². The van der Waals surface area contributed by atoms with Gasteiger partial charge in [0.1, 0.15) is 6.33 Å². The van der Waals surface area contributed by atoms with Gasteiger partial charge in [0.05, 0.1) is 11.7 Å². The van der Waals surface area contributed by atoms with Crippen molar-refractivity contribution < 1.29 is 4.79 Å². The predicted octanol–water partition coefficient (Wildman–Crippen LogP) is 0.728. The van der Waals surface area contributed by atoms with Crippen LogP contribution >= 0.6 is 0 Å². The van der Waals surface area contributed by atoms with E-state index in [1.54, 1.807) is 12.1 Å². The summed E-state index contributed by atoms with van der Waals surface area (Å²) in [5, 5.41) is 13.7. The fourth-order valence-corrected chi connectivity index (χ4v) is 1.65. The molecule has 0 aliphatic carbocycles. The van der Waals surface area contributed by atoms with Gasteiger partial charge in [-0.15, -0.1) is 5.10 Å². The maximum atomic E-state index is 11.7. The van der Waals surface area contributed by atoms with Crippen molar-refractivity contribution >= 4 is 11.6 Å². The van der Waals surface area contributed by atoms with Crippen molar-refractivity contribution in [3.63, 3.8) is 0 Å². The van der Waals surface area contributed by atoms with Crippen LogP contribution in [0.2, 0.25) is 0 Å². The Hall–Kier alpha value is -2.28. The van der Waals surface area contributed by atoms with Crippen LogP contribution < -0.4 is 11.1 Å². The first-order valence-electron chi connectivity index (χ1n) is 6.10.